The molecule has 0 saturated carbocycles. The van der Waals surface area contributed by atoms with Gasteiger partial charge in [0.25, 0.3) is 0 Å². The quantitative estimate of drug-likeness (QED) is 0.779. The van der Waals surface area contributed by atoms with Gasteiger partial charge in [-0.15, -0.1) is 5.10 Å². The molecule has 0 amide bonds. The summed E-state index contributed by atoms with van der Waals surface area (Å²) in [6, 6.07) is 12.0. The summed E-state index contributed by atoms with van der Waals surface area (Å²) in [4.78, 5) is 0. The van der Waals surface area contributed by atoms with E-state index in [4.69, 9.17) is 4.42 Å². The Labute approximate surface area is 122 Å². The van der Waals surface area contributed by atoms with E-state index < -0.39 is 0 Å². The Balaban J connectivity index is 1.85. The molecule has 3 aromatic rings. The fraction of sp³-hybridized carbons (Fsp3) is 0.267. The van der Waals surface area contributed by atoms with Crippen LogP contribution in [0, 0.1) is 6.92 Å². The molecule has 1 unspecified atom stereocenters. The Morgan fingerprint density at radius 1 is 1.29 bits per heavy atom. The van der Waals surface area contributed by atoms with E-state index in [1.807, 2.05) is 43.3 Å². The fourth-order valence-electron chi connectivity index (χ4n) is 2.26. The van der Waals surface area contributed by atoms with Crippen LogP contribution in [0.4, 0.5) is 5.69 Å². The summed E-state index contributed by atoms with van der Waals surface area (Å²) in [6.07, 6.45) is 2.63. The van der Waals surface area contributed by atoms with E-state index in [-0.39, 0.29) is 6.04 Å². The summed E-state index contributed by atoms with van der Waals surface area (Å²) in [5, 5.41) is 15.0. The first-order valence-electron chi connectivity index (χ1n) is 6.93. The normalized spacial score (nSPS) is 12.3. The summed E-state index contributed by atoms with van der Waals surface area (Å²) >= 11 is 0. The second-order valence-electron chi connectivity index (χ2n) is 4.81. The van der Waals surface area contributed by atoms with Gasteiger partial charge in [-0.3, -0.25) is 0 Å². The van der Waals surface area contributed by atoms with E-state index in [1.165, 1.54) is 0 Å². The van der Waals surface area contributed by atoms with Crippen molar-refractivity contribution in [2.45, 2.75) is 26.3 Å². The molecule has 0 bridgehead atoms. The van der Waals surface area contributed by atoms with Crippen LogP contribution in [0.25, 0.3) is 5.69 Å². The Bertz CT molecular complexity index is 704. The lowest BCUT2D eigenvalue weighted by Gasteiger charge is -2.16. The molecular formula is C15H17N5O. The highest BCUT2D eigenvalue weighted by Gasteiger charge is 2.12. The Morgan fingerprint density at radius 2 is 2.19 bits per heavy atom. The van der Waals surface area contributed by atoms with Gasteiger partial charge in [0.1, 0.15) is 5.76 Å². The predicted molar refractivity (Wildman–Crippen MR) is 79.3 cm³/mol. The second-order valence-corrected chi connectivity index (χ2v) is 4.81. The molecule has 0 radical (unpaired) electrons. The topological polar surface area (TPSA) is 68.8 Å². The average molecular weight is 283 g/mol. The van der Waals surface area contributed by atoms with Gasteiger partial charge < -0.3 is 9.73 Å². The van der Waals surface area contributed by atoms with E-state index in [2.05, 4.69) is 27.8 Å². The van der Waals surface area contributed by atoms with Crippen molar-refractivity contribution in [3.63, 3.8) is 0 Å². The number of furan rings is 1. The van der Waals surface area contributed by atoms with E-state index >= 15 is 0 Å². The van der Waals surface area contributed by atoms with Crippen LogP contribution in [-0.4, -0.2) is 20.2 Å². The molecule has 1 aromatic carbocycles. The molecule has 21 heavy (non-hydrogen) atoms. The molecule has 0 aliphatic carbocycles. The number of aryl methyl sites for hydroxylation is 1. The van der Waals surface area contributed by atoms with Crippen molar-refractivity contribution in [3.05, 3.63) is 54.2 Å². The Kier molecular flexibility index (Phi) is 3.68. The number of rotatable bonds is 5. The van der Waals surface area contributed by atoms with Crippen LogP contribution in [0.2, 0.25) is 0 Å². The van der Waals surface area contributed by atoms with Gasteiger partial charge in [0.05, 0.1) is 18.0 Å². The van der Waals surface area contributed by atoms with Crippen molar-refractivity contribution in [2.75, 3.05) is 5.32 Å². The molecule has 0 aliphatic heterocycles. The number of anilines is 1. The standard InChI is InChI=1S/C15H17N5O/c1-3-14(15-8-5-9-21-15)16-12-6-4-7-13(10-12)20-11(2)17-18-19-20/h4-10,14,16H,3H2,1-2H3. The maximum absolute atomic E-state index is 5.48. The molecule has 3 rings (SSSR count). The first kappa shape index (κ1) is 13.4. The zero-order valence-electron chi connectivity index (χ0n) is 12.0. The zero-order chi connectivity index (χ0) is 14.7. The number of hydrogen-bond acceptors (Lipinski definition) is 5. The maximum Gasteiger partial charge on any atom is 0.153 e. The van der Waals surface area contributed by atoms with Crippen LogP contribution in [0.5, 0.6) is 0 Å². The number of nitrogens with zero attached hydrogens (tertiary/aromatic N) is 4. The largest absolute Gasteiger partial charge is 0.467 e. The highest BCUT2D eigenvalue weighted by atomic mass is 16.3. The molecular weight excluding hydrogens is 266 g/mol. The lowest BCUT2D eigenvalue weighted by Crippen LogP contribution is -2.09. The smallest absolute Gasteiger partial charge is 0.153 e. The third-order valence-electron chi connectivity index (χ3n) is 3.35. The van der Waals surface area contributed by atoms with E-state index in [1.54, 1.807) is 10.9 Å². The van der Waals surface area contributed by atoms with Crippen molar-refractivity contribution in [1.29, 1.82) is 0 Å². The number of benzene rings is 1. The number of aromatic nitrogens is 4. The van der Waals surface area contributed by atoms with E-state index in [0.717, 1.165) is 29.4 Å². The minimum atomic E-state index is 0.144. The van der Waals surface area contributed by atoms with Crippen LogP contribution in [-0.2, 0) is 0 Å². The Morgan fingerprint density at radius 3 is 2.86 bits per heavy atom. The van der Waals surface area contributed by atoms with E-state index in [0.29, 0.717) is 0 Å². The summed E-state index contributed by atoms with van der Waals surface area (Å²) < 4.78 is 7.19. The predicted octanol–water partition coefficient (Wildman–Crippen LogP) is 3.13. The highest BCUT2D eigenvalue weighted by molar-refractivity contribution is 5.52. The SMILES string of the molecule is CCC(Nc1cccc(-n2nnnc2C)c1)c1ccco1. The molecule has 0 fully saturated rings. The highest BCUT2D eigenvalue weighted by Crippen LogP contribution is 2.24. The van der Waals surface area contributed by atoms with Gasteiger partial charge in [0, 0.05) is 5.69 Å². The monoisotopic (exact) mass is 283 g/mol. The van der Waals surface area contributed by atoms with Gasteiger partial charge in [-0.05, 0) is 54.1 Å². The van der Waals surface area contributed by atoms with Gasteiger partial charge in [-0.25, -0.2) is 0 Å². The molecule has 1 atom stereocenters. The fourth-order valence-corrected chi connectivity index (χ4v) is 2.26. The molecule has 2 aromatic heterocycles. The van der Waals surface area contributed by atoms with Crippen LogP contribution in [0.1, 0.15) is 31.0 Å². The van der Waals surface area contributed by atoms with Crippen molar-refractivity contribution in [2.24, 2.45) is 0 Å². The summed E-state index contributed by atoms with van der Waals surface area (Å²) in [5.41, 5.74) is 1.93. The number of hydrogen-bond donors (Lipinski definition) is 1. The first-order chi connectivity index (χ1) is 10.3. The molecule has 1 N–H and O–H groups in total. The minimum Gasteiger partial charge on any atom is -0.467 e. The van der Waals surface area contributed by atoms with Crippen molar-refractivity contribution >= 4 is 5.69 Å². The van der Waals surface area contributed by atoms with Gasteiger partial charge in [0.2, 0.25) is 0 Å². The van der Waals surface area contributed by atoms with Crippen LogP contribution >= 0.6 is 0 Å². The average Bonchev–Trinajstić information content (AvgIpc) is 3.16. The molecule has 0 spiro atoms. The maximum atomic E-state index is 5.48. The third kappa shape index (κ3) is 2.79. The molecule has 2 heterocycles. The minimum absolute atomic E-state index is 0.144. The lowest BCUT2D eigenvalue weighted by molar-refractivity contribution is 0.474. The van der Waals surface area contributed by atoms with Crippen LogP contribution in [0.3, 0.4) is 0 Å². The number of nitrogens with one attached hydrogen (secondary N) is 1. The lowest BCUT2D eigenvalue weighted by atomic mass is 10.1. The van der Waals surface area contributed by atoms with Crippen LogP contribution in [0.15, 0.2) is 47.1 Å². The van der Waals surface area contributed by atoms with Crippen molar-refractivity contribution < 1.29 is 4.42 Å². The van der Waals surface area contributed by atoms with Crippen molar-refractivity contribution in [3.8, 4) is 5.69 Å². The summed E-state index contributed by atoms with van der Waals surface area (Å²) in [7, 11) is 0. The van der Waals surface area contributed by atoms with Gasteiger partial charge in [-0.1, -0.05) is 13.0 Å². The number of tetrazole rings is 1. The second kappa shape index (κ2) is 5.78. The van der Waals surface area contributed by atoms with Crippen LogP contribution < -0.4 is 5.32 Å². The molecule has 0 saturated heterocycles. The molecule has 108 valence electrons. The van der Waals surface area contributed by atoms with Gasteiger partial charge in [-0.2, -0.15) is 4.68 Å². The van der Waals surface area contributed by atoms with Crippen molar-refractivity contribution in [1.82, 2.24) is 20.2 Å². The van der Waals surface area contributed by atoms with Gasteiger partial charge in [0.15, 0.2) is 5.82 Å². The summed E-state index contributed by atoms with van der Waals surface area (Å²) in [5.74, 6) is 1.69. The van der Waals surface area contributed by atoms with E-state index in [9.17, 15) is 0 Å². The molecule has 6 nitrogen and oxygen atoms in total. The Hall–Kier alpha value is -2.63. The summed E-state index contributed by atoms with van der Waals surface area (Å²) in [6.45, 7) is 3.99. The first-order valence-corrected chi connectivity index (χ1v) is 6.93. The van der Waals surface area contributed by atoms with Gasteiger partial charge >= 0.3 is 0 Å². The molecule has 0 aliphatic rings. The molecule has 6 heteroatoms. The zero-order valence-corrected chi connectivity index (χ0v) is 12.0. The third-order valence-corrected chi connectivity index (χ3v) is 3.35.